The fourth-order valence-electron chi connectivity index (χ4n) is 2.92. The molecule has 0 aliphatic rings. The number of benzene rings is 2. The van der Waals surface area contributed by atoms with E-state index in [1.54, 1.807) is 7.11 Å². The molecule has 0 fully saturated rings. The van der Waals surface area contributed by atoms with E-state index in [1.165, 1.54) is 17.3 Å². The molecule has 1 amide bonds. The maximum absolute atomic E-state index is 12.5. The minimum atomic E-state index is -0.271. The molecule has 3 aromatic rings. The molecule has 2 aromatic carbocycles. The number of carbonyl (C=O) groups excluding carboxylic acids is 1. The van der Waals surface area contributed by atoms with E-state index in [2.05, 4.69) is 39.1 Å². The molecule has 7 heteroatoms. The minimum Gasteiger partial charge on any atom is -0.497 e. The molecule has 0 unspecified atom stereocenters. The van der Waals surface area contributed by atoms with Gasteiger partial charge in [0.1, 0.15) is 11.6 Å². The molecule has 1 heterocycles. The van der Waals surface area contributed by atoms with E-state index >= 15 is 0 Å². The average molecular weight is 411 g/mol. The third-order valence-electron chi connectivity index (χ3n) is 4.59. The van der Waals surface area contributed by atoms with Gasteiger partial charge in [-0.3, -0.25) is 4.79 Å². The van der Waals surface area contributed by atoms with Crippen molar-refractivity contribution in [1.82, 2.24) is 20.1 Å². The third-order valence-corrected chi connectivity index (χ3v) is 5.67. The molecule has 1 aromatic heterocycles. The summed E-state index contributed by atoms with van der Waals surface area (Å²) in [5, 5.41) is 12.2. The number of carbonyl (C=O) groups is 1. The van der Waals surface area contributed by atoms with Crippen LogP contribution in [0.2, 0.25) is 0 Å². The maximum atomic E-state index is 12.5. The van der Waals surface area contributed by atoms with E-state index in [4.69, 9.17) is 4.74 Å². The van der Waals surface area contributed by atoms with Gasteiger partial charge in [0.2, 0.25) is 5.91 Å². The van der Waals surface area contributed by atoms with Crippen molar-refractivity contribution in [2.24, 2.45) is 0 Å². The number of methoxy groups -OCH3 is 1. The Bertz CT molecular complexity index is 926. The first kappa shape index (κ1) is 20.9. The lowest BCUT2D eigenvalue weighted by atomic mass is 10.1. The molecule has 0 aliphatic heterocycles. The zero-order valence-corrected chi connectivity index (χ0v) is 17.8. The summed E-state index contributed by atoms with van der Waals surface area (Å²) in [4.78, 5) is 12.5. The highest BCUT2D eigenvalue weighted by atomic mass is 32.2. The van der Waals surface area contributed by atoms with Crippen LogP contribution < -0.4 is 10.1 Å². The van der Waals surface area contributed by atoms with Gasteiger partial charge in [0.15, 0.2) is 5.16 Å². The van der Waals surface area contributed by atoms with Gasteiger partial charge in [-0.15, -0.1) is 10.2 Å². The number of ether oxygens (including phenoxy) is 1. The molecule has 1 atom stereocenters. The van der Waals surface area contributed by atoms with Crippen molar-refractivity contribution in [3.8, 4) is 5.75 Å². The number of nitrogens with zero attached hydrogens (tertiary/aromatic N) is 3. The van der Waals surface area contributed by atoms with Crippen LogP contribution in [0, 0.1) is 0 Å². The monoisotopic (exact) mass is 410 g/mol. The number of aromatic nitrogens is 3. The van der Waals surface area contributed by atoms with Gasteiger partial charge >= 0.3 is 0 Å². The molecular formula is C22H26N4O2S. The molecule has 0 radical (unpaired) electrons. The second kappa shape index (κ2) is 10.1. The first-order valence-electron chi connectivity index (χ1n) is 9.64. The van der Waals surface area contributed by atoms with E-state index in [0.29, 0.717) is 6.54 Å². The Hall–Kier alpha value is -2.80. The Morgan fingerprint density at radius 2 is 1.83 bits per heavy atom. The van der Waals surface area contributed by atoms with Crippen LogP contribution in [0.1, 0.15) is 30.8 Å². The van der Waals surface area contributed by atoms with E-state index in [-0.39, 0.29) is 11.2 Å². The lowest BCUT2D eigenvalue weighted by Crippen LogP contribution is -2.30. The van der Waals surface area contributed by atoms with Crippen LogP contribution in [0.15, 0.2) is 59.8 Å². The molecule has 3 rings (SSSR count). The number of nitrogens with one attached hydrogen (secondary N) is 1. The van der Waals surface area contributed by atoms with Gasteiger partial charge in [-0.2, -0.15) is 0 Å². The summed E-state index contributed by atoms with van der Waals surface area (Å²) < 4.78 is 7.23. The normalized spacial score (nSPS) is 11.8. The van der Waals surface area contributed by atoms with Crippen LogP contribution in [0.4, 0.5) is 0 Å². The van der Waals surface area contributed by atoms with Gasteiger partial charge < -0.3 is 14.6 Å². The molecule has 152 valence electrons. The predicted octanol–water partition coefficient (Wildman–Crippen LogP) is 3.69. The van der Waals surface area contributed by atoms with Crippen molar-refractivity contribution in [3.05, 3.63) is 71.5 Å². The number of rotatable bonds is 9. The Balaban J connectivity index is 1.59. The predicted molar refractivity (Wildman–Crippen MR) is 115 cm³/mol. The quantitative estimate of drug-likeness (QED) is 0.545. The molecule has 0 saturated carbocycles. The van der Waals surface area contributed by atoms with Crippen LogP contribution in [-0.4, -0.2) is 33.0 Å². The second-order valence-electron chi connectivity index (χ2n) is 6.63. The second-order valence-corrected chi connectivity index (χ2v) is 7.94. The van der Waals surface area contributed by atoms with Crippen molar-refractivity contribution in [1.29, 1.82) is 0 Å². The third kappa shape index (κ3) is 5.60. The van der Waals surface area contributed by atoms with Crippen molar-refractivity contribution in [2.45, 2.75) is 43.8 Å². The highest BCUT2D eigenvalue weighted by Crippen LogP contribution is 2.23. The van der Waals surface area contributed by atoms with Crippen LogP contribution in [0.3, 0.4) is 0 Å². The molecule has 6 nitrogen and oxygen atoms in total. The van der Waals surface area contributed by atoms with Gasteiger partial charge in [-0.25, -0.2) is 0 Å². The average Bonchev–Trinajstić information content (AvgIpc) is 3.13. The Labute approximate surface area is 175 Å². The van der Waals surface area contributed by atoms with Gasteiger partial charge in [0, 0.05) is 19.5 Å². The highest BCUT2D eigenvalue weighted by Gasteiger charge is 2.19. The lowest BCUT2D eigenvalue weighted by molar-refractivity contribution is -0.120. The summed E-state index contributed by atoms with van der Waals surface area (Å²) in [7, 11) is 1.63. The highest BCUT2D eigenvalue weighted by molar-refractivity contribution is 8.00. The molecule has 0 spiro atoms. The van der Waals surface area contributed by atoms with Crippen molar-refractivity contribution in [3.63, 3.8) is 0 Å². The molecule has 0 bridgehead atoms. The standard InChI is InChI=1S/C22H26N4O2S/c1-4-26-20(14-17-8-6-5-7-9-17)24-25-22(26)29-16(2)21(27)23-15-18-10-12-19(28-3)13-11-18/h5-13,16H,4,14-15H2,1-3H3,(H,23,27)/t16-/m0/s1. The lowest BCUT2D eigenvalue weighted by Gasteiger charge is -2.13. The molecule has 0 aliphatic carbocycles. The maximum Gasteiger partial charge on any atom is 0.233 e. The summed E-state index contributed by atoms with van der Waals surface area (Å²) in [5.74, 6) is 1.68. The summed E-state index contributed by atoms with van der Waals surface area (Å²) in [6, 6.07) is 17.9. The number of hydrogen-bond acceptors (Lipinski definition) is 5. The topological polar surface area (TPSA) is 69.0 Å². The molecule has 1 N–H and O–H groups in total. The van der Waals surface area contributed by atoms with Gasteiger partial charge in [-0.05, 0) is 37.1 Å². The van der Waals surface area contributed by atoms with Crippen molar-refractivity contribution >= 4 is 17.7 Å². The van der Waals surface area contributed by atoms with Gasteiger partial charge in [-0.1, -0.05) is 54.2 Å². The minimum absolute atomic E-state index is 0.0268. The van der Waals surface area contributed by atoms with E-state index in [9.17, 15) is 4.79 Å². The number of hydrogen-bond donors (Lipinski definition) is 1. The Kier molecular flexibility index (Phi) is 7.30. The largest absolute Gasteiger partial charge is 0.497 e. The van der Waals surface area contributed by atoms with Crippen molar-refractivity contribution in [2.75, 3.05) is 7.11 Å². The first-order chi connectivity index (χ1) is 14.1. The summed E-state index contributed by atoms with van der Waals surface area (Å²) in [6.45, 7) is 5.20. The Morgan fingerprint density at radius 3 is 2.48 bits per heavy atom. The van der Waals surface area contributed by atoms with Crippen molar-refractivity contribution < 1.29 is 9.53 Å². The van der Waals surface area contributed by atoms with Crippen LogP contribution in [0.5, 0.6) is 5.75 Å². The first-order valence-corrected chi connectivity index (χ1v) is 10.5. The summed E-state index contributed by atoms with van der Waals surface area (Å²) in [6.07, 6.45) is 0.723. The Morgan fingerprint density at radius 1 is 1.10 bits per heavy atom. The summed E-state index contributed by atoms with van der Waals surface area (Å²) in [5.41, 5.74) is 2.22. The van der Waals surface area contributed by atoms with Gasteiger partial charge in [0.05, 0.1) is 12.4 Å². The number of thioether (sulfide) groups is 1. The fraction of sp³-hybridized carbons (Fsp3) is 0.318. The molecule has 0 saturated heterocycles. The zero-order chi connectivity index (χ0) is 20.6. The van der Waals surface area contributed by atoms with Crippen LogP contribution in [-0.2, 0) is 24.3 Å². The van der Waals surface area contributed by atoms with E-state index in [1.807, 2.05) is 49.4 Å². The SMILES string of the molecule is CCn1c(Cc2ccccc2)nnc1S[C@@H](C)C(=O)NCc1ccc(OC)cc1. The fourth-order valence-corrected chi connectivity index (χ4v) is 3.88. The van der Waals surface area contributed by atoms with Crippen LogP contribution in [0.25, 0.3) is 0 Å². The number of amides is 1. The van der Waals surface area contributed by atoms with E-state index < -0.39 is 0 Å². The zero-order valence-electron chi connectivity index (χ0n) is 17.0. The van der Waals surface area contributed by atoms with Gasteiger partial charge in [0.25, 0.3) is 0 Å². The van der Waals surface area contributed by atoms with Crippen LogP contribution >= 0.6 is 11.8 Å². The molecule has 29 heavy (non-hydrogen) atoms. The smallest absolute Gasteiger partial charge is 0.233 e. The molecular weight excluding hydrogens is 384 g/mol. The summed E-state index contributed by atoms with van der Waals surface area (Å²) >= 11 is 1.43. The van der Waals surface area contributed by atoms with E-state index in [0.717, 1.165) is 35.3 Å².